The Balaban J connectivity index is 1.49. The highest BCUT2D eigenvalue weighted by atomic mass is 35.5. The van der Waals surface area contributed by atoms with Gasteiger partial charge in [-0.25, -0.2) is 4.21 Å². The van der Waals surface area contributed by atoms with Gasteiger partial charge in [0.25, 0.3) is 11.8 Å². The number of amides is 2. The summed E-state index contributed by atoms with van der Waals surface area (Å²) in [4.78, 5) is 31.5. The van der Waals surface area contributed by atoms with E-state index in [-0.39, 0.29) is 18.4 Å². The van der Waals surface area contributed by atoms with Gasteiger partial charge in [-0.2, -0.15) is 0 Å². The molecule has 2 heterocycles. The van der Waals surface area contributed by atoms with Crippen LogP contribution in [0.25, 0.3) is 0 Å². The fourth-order valence-corrected chi connectivity index (χ4v) is 6.17. The van der Waals surface area contributed by atoms with Gasteiger partial charge < -0.3 is 15.1 Å². The topological polar surface area (TPSA) is 69.7 Å². The summed E-state index contributed by atoms with van der Waals surface area (Å²) < 4.78 is 13.5. The lowest BCUT2D eigenvalue weighted by Gasteiger charge is -2.24. The molecule has 0 spiro atoms. The first-order chi connectivity index (χ1) is 17.0. The molecule has 3 aromatic rings. The van der Waals surface area contributed by atoms with E-state index in [4.69, 9.17) is 11.6 Å². The van der Waals surface area contributed by atoms with Crippen LogP contribution in [0.2, 0.25) is 5.02 Å². The van der Waals surface area contributed by atoms with Gasteiger partial charge in [-0.1, -0.05) is 35.9 Å². The molecular weight excluding hydrogens is 482 g/mol. The molecule has 0 bridgehead atoms. The van der Waals surface area contributed by atoms with Crippen molar-refractivity contribution in [3.05, 3.63) is 88.4 Å². The summed E-state index contributed by atoms with van der Waals surface area (Å²) in [6.45, 7) is 3.75. The second-order valence-corrected chi connectivity index (χ2v) is 10.6. The molecule has 6 nitrogen and oxygen atoms in total. The van der Waals surface area contributed by atoms with Gasteiger partial charge in [0, 0.05) is 23.7 Å². The summed E-state index contributed by atoms with van der Waals surface area (Å²) in [7, 11) is -1.57. The number of anilines is 1. The zero-order valence-corrected chi connectivity index (χ0v) is 20.8. The minimum absolute atomic E-state index is 0.213. The van der Waals surface area contributed by atoms with E-state index in [1.807, 2.05) is 12.1 Å². The second-order valence-electron chi connectivity index (χ2n) is 8.77. The Morgan fingerprint density at radius 3 is 2.57 bits per heavy atom. The van der Waals surface area contributed by atoms with Crippen molar-refractivity contribution in [1.82, 2.24) is 10.2 Å². The smallest absolute Gasteiger partial charge is 0.259 e. The van der Waals surface area contributed by atoms with Gasteiger partial charge >= 0.3 is 0 Å². The van der Waals surface area contributed by atoms with Crippen LogP contribution in [0.4, 0.5) is 5.69 Å². The fraction of sp³-hybridized carbons (Fsp3) is 0.259. The predicted octanol–water partition coefficient (Wildman–Crippen LogP) is 4.49. The molecule has 1 fully saturated rings. The number of halogens is 1. The summed E-state index contributed by atoms with van der Waals surface area (Å²) in [5, 5.41) is 3.55. The second kappa shape index (κ2) is 10.3. The molecule has 0 radical (unpaired) electrons. The maximum Gasteiger partial charge on any atom is 0.259 e. The SMILES string of the molecule is O=C(NCCN1CCCC1)c1ccc2c(c1)N(Cc1cccc(Cl)c1)C(=O)c1ccccc1S2=O. The number of nitrogens with one attached hydrogen (secondary N) is 1. The van der Waals surface area contributed by atoms with Crippen molar-refractivity contribution in [2.75, 3.05) is 31.1 Å². The molecule has 2 amide bonds. The number of rotatable bonds is 6. The van der Waals surface area contributed by atoms with E-state index in [0.29, 0.717) is 38.2 Å². The Hall–Kier alpha value is -3.00. The molecule has 0 saturated carbocycles. The standard InChI is InChI=1S/C27H26ClN3O3S/c28-21-7-5-6-19(16-21)18-31-23-17-20(26(32)29-12-15-30-13-3-4-14-30)10-11-25(23)35(34)24-9-2-1-8-22(24)27(31)33/h1-2,5-11,16-17H,3-4,12-15,18H2,(H,29,32). The number of likely N-dealkylation sites (tertiary alicyclic amines) is 1. The first-order valence-electron chi connectivity index (χ1n) is 11.7. The molecule has 35 heavy (non-hydrogen) atoms. The molecule has 1 N–H and O–H groups in total. The number of carbonyl (C=O) groups is 2. The monoisotopic (exact) mass is 507 g/mol. The lowest BCUT2D eigenvalue weighted by atomic mass is 10.1. The van der Waals surface area contributed by atoms with Crippen LogP contribution in [0.1, 0.15) is 39.1 Å². The Labute approximate surface area is 212 Å². The molecule has 0 aromatic heterocycles. The minimum atomic E-state index is -1.57. The van der Waals surface area contributed by atoms with Gasteiger partial charge in [0.2, 0.25) is 0 Å². The zero-order valence-electron chi connectivity index (χ0n) is 19.2. The molecule has 180 valence electrons. The molecule has 2 aliphatic heterocycles. The maximum atomic E-state index is 13.7. The Kier molecular flexibility index (Phi) is 7.00. The fourth-order valence-electron chi connectivity index (χ4n) is 4.62. The lowest BCUT2D eigenvalue weighted by Crippen LogP contribution is -2.34. The third-order valence-electron chi connectivity index (χ3n) is 6.42. The molecule has 1 unspecified atom stereocenters. The minimum Gasteiger partial charge on any atom is -0.351 e. The number of hydrogen-bond donors (Lipinski definition) is 1. The first-order valence-corrected chi connectivity index (χ1v) is 13.3. The summed E-state index contributed by atoms with van der Waals surface area (Å²) in [5.41, 5.74) is 2.12. The van der Waals surface area contributed by atoms with Crippen molar-refractivity contribution in [3.63, 3.8) is 0 Å². The van der Waals surface area contributed by atoms with Crippen molar-refractivity contribution in [1.29, 1.82) is 0 Å². The number of hydrogen-bond acceptors (Lipinski definition) is 4. The van der Waals surface area contributed by atoms with Crippen molar-refractivity contribution >= 4 is 39.9 Å². The van der Waals surface area contributed by atoms with Gasteiger partial charge in [0.05, 0.1) is 38.4 Å². The van der Waals surface area contributed by atoms with E-state index in [2.05, 4.69) is 10.2 Å². The lowest BCUT2D eigenvalue weighted by molar-refractivity contribution is 0.0946. The molecule has 1 atom stereocenters. The van der Waals surface area contributed by atoms with Crippen LogP contribution in [-0.4, -0.2) is 47.1 Å². The first kappa shape index (κ1) is 23.7. The quantitative estimate of drug-likeness (QED) is 0.533. The summed E-state index contributed by atoms with van der Waals surface area (Å²) in [6, 6.07) is 19.3. The van der Waals surface area contributed by atoms with E-state index in [1.165, 1.54) is 12.8 Å². The van der Waals surface area contributed by atoms with E-state index < -0.39 is 10.8 Å². The molecule has 0 aliphatic carbocycles. The Morgan fingerprint density at radius 2 is 1.77 bits per heavy atom. The zero-order chi connectivity index (χ0) is 24.4. The maximum absolute atomic E-state index is 13.7. The van der Waals surface area contributed by atoms with Crippen LogP contribution in [0.5, 0.6) is 0 Å². The van der Waals surface area contributed by atoms with Crippen molar-refractivity contribution in [2.24, 2.45) is 0 Å². The van der Waals surface area contributed by atoms with Crippen molar-refractivity contribution in [2.45, 2.75) is 29.2 Å². The van der Waals surface area contributed by atoms with Crippen LogP contribution in [0, 0.1) is 0 Å². The average Bonchev–Trinajstić information content (AvgIpc) is 3.37. The third-order valence-corrected chi connectivity index (χ3v) is 8.15. The van der Waals surface area contributed by atoms with Crippen LogP contribution in [0.3, 0.4) is 0 Å². The van der Waals surface area contributed by atoms with E-state index in [0.717, 1.165) is 25.2 Å². The van der Waals surface area contributed by atoms with Gasteiger partial charge in [0.1, 0.15) is 0 Å². The van der Waals surface area contributed by atoms with E-state index in [9.17, 15) is 13.8 Å². The van der Waals surface area contributed by atoms with E-state index in [1.54, 1.807) is 59.5 Å². The largest absolute Gasteiger partial charge is 0.351 e. The summed E-state index contributed by atoms with van der Waals surface area (Å²) >= 11 is 6.19. The summed E-state index contributed by atoms with van der Waals surface area (Å²) in [5.74, 6) is -0.478. The third kappa shape index (κ3) is 5.03. The highest BCUT2D eigenvalue weighted by Crippen LogP contribution is 2.36. The molecular formula is C27H26ClN3O3S. The van der Waals surface area contributed by atoms with Crippen LogP contribution in [-0.2, 0) is 17.3 Å². The van der Waals surface area contributed by atoms with Crippen LogP contribution < -0.4 is 10.2 Å². The number of benzene rings is 3. The number of nitrogens with zero attached hydrogens (tertiary/aromatic N) is 2. The Bertz CT molecular complexity index is 1310. The Morgan fingerprint density at radius 1 is 0.971 bits per heavy atom. The number of fused-ring (bicyclic) bond motifs is 2. The van der Waals surface area contributed by atoms with Gasteiger partial charge in [-0.15, -0.1) is 0 Å². The van der Waals surface area contributed by atoms with Crippen molar-refractivity contribution in [3.8, 4) is 0 Å². The molecule has 2 aliphatic rings. The van der Waals surface area contributed by atoms with Crippen molar-refractivity contribution < 1.29 is 13.8 Å². The van der Waals surface area contributed by atoms with E-state index >= 15 is 0 Å². The highest BCUT2D eigenvalue weighted by molar-refractivity contribution is 7.85. The molecule has 5 rings (SSSR count). The molecule has 1 saturated heterocycles. The number of carbonyl (C=O) groups excluding carboxylic acids is 2. The average molecular weight is 508 g/mol. The van der Waals surface area contributed by atoms with Crippen LogP contribution in [0.15, 0.2) is 76.5 Å². The molecule has 8 heteroatoms. The normalized spacial score (nSPS) is 17.6. The van der Waals surface area contributed by atoms with Gasteiger partial charge in [-0.05, 0) is 74.0 Å². The van der Waals surface area contributed by atoms with Crippen LogP contribution >= 0.6 is 11.6 Å². The summed E-state index contributed by atoms with van der Waals surface area (Å²) in [6.07, 6.45) is 2.41. The van der Waals surface area contributed by atoms with Gasteiger partial charge in [0.15, 0.2) is 0 Å². The molecule has 3 aromatic carbocycles. The van der Waals surface area contributed by atoms with Gasteiger partial charge in [-0.3, -0.25) is 9.59 Å². The highest BCUT2D eigenvalue weighted by Gasteiger charge is 2.31. The predicted molar refractivity (Wildman–Crippen MR) is 138 cm³/mol.